The minimum Gasteiger partial charge on any atom is -0.313 e. The van der Waals surface area contributed by atoms with E-state index in [0.717, 1.165) is 63.3 Å². The maximum Gasteiger partial charge on any atom is 0.160 e. The van der Waals surface area contributed by atoms with Gasteiger partial charge in [0.25, 0.3) is 0 Å². The Bertz CT molecular complexity index is 3860. The van der Waals surface area contributed by atoms with Crippen LogP contribution in [0.4, 0.5) is 0 Å². The Balaban J connectivity index is 0.891. The van der Waals surface area contributed by atoms with Gasteiger partial charge in [0.1, 0.15) is 0 Å². The topological polar surface area (TPSA) is 35.6 Å². The van der Waals surface area contributed by atoms with Crippen LogP contribution < -0.4 is 0 Å². The first kappa shape index (κ1) is 39.5. The van der Waals surface area contributed by atoms with Crippen molar-refractivity contribution in [3.05, 3.63) is 248 Å². The molecule has 3 heterocycles. The van der Waals surface area contributed by atoms with Crippen LogP contribution in [-0.4, -0.2) is 19.1 Å². The van der Waals surface area contributed by atoms with Crippen molar-refractivity contribution in [2.75, 3.05) is 0 Å². The fraction of sp³-hybridized carbons (Fsp3) is 0.0312. The highest BCUT2D eigenvalue weighted by molar-refractivity contribution is 6.10. The Morgan fingerprint density at radius 3 is 1.71 bits per heavy atom. The molecule has 0 spiro atoms. The van der Waals surface area contributed by atoms with Gasteiger partial charge < -0.3 is 9.13 Å². The molecule has 0 saturated carbocycles. The van der Waals surface area contributed by atoms with Gasteiger partial charge in [-0.15, -0.1) is 0 Å². The Morgan fingerprint density at radius 2 is 0.912 bits per heavy atom. The quantitative estimate of drug-likeness (QED) is 0.153. The van der Waals surface area contributed by atoms with Crippen molar-refractivity contribution in [1.82, 2.24) is 19.1 Å². The number of hydrogen-bond donors (Lipinski definition) is 0. The number of rotatable bonds is 8. The van der Waals surface area contributed by atoms with Gasteiger partial charge in [0, 0.05) is 55.5 Å². The standard InChI is InChI=1S/C64H44N4/c1-4-16-43(17-5-1)44-30-32-46(33-31-44)57-42-58(66-64(65-57)47-18-6-2-7-19-47)50-21-14-20-48(40-50)49-36-39-55-54-24-10-12-27-59(54)68(62(55)41-49)52-37-34-45(35-38-52)53-26-15-29-61-63(53)56-25-11-13-28-60(56)67(61)51-22-8-3-9-23-51/h1-12,14-27,29-42H,13,28H2. The maximum absolute atomic E-state index is 5.19. The van der Waals surface area contributed by atoms with Crippen molar-refractivity contribution in [2.24, 2.45) is 0 Å². The van der Waals surface area contributed by atoms with Gasteiger partial charge in [-0.05, 0) is 101 Å². The molecular weight excluding hydrogens is 825 g/mol. The van der Waals surface area contributed by atoms with Gasteiger partial charge in [0.05, 0.1) is 27.9 Å². The summed E-state index contributed by atoms with van der Waals surface area (Å²) in [5.41, 5.74) is 20.6. The van der Waals surface area contributed by atoms with Crippen molar-refractivity contribution < 1.29 is 0 Å². The summed E-state index contributed by atoms with van der Waals surface area (Å²) in [6.07, 6.45) is 6.73. The molecule has 0 unspecified atom stereocenters. The predicted molar refractivity (Wildman–Crippen MR) is 283 cm³/mol. The normalized spacial score (nSPS) is 12.2. The smallest absolute Gasteiger partial charge is 0.160 e. The molecule has 0 fully saturated rings. The zero-order valence-corrected chi connectivity index (χ0v) is 37.3. The van der Waals surface area contributed by atoms with Crippen LogP contribution >= 0.6 is 0 Å². The predicted octanol–water partition coefficient (Wildman–Crippen LogP) is 16.5. The van der Waals surface area contributed by atoms with E-state index in [1.165, 1.54) is 66.4 Å². The molecule has 0 amide bonds. The van der Waals surface area contributed by atoms with Crippen molar-refractivity contribution in [3.63, 3.8) is 0 Å². The van der Waals surface area contributed by atoms with Crippen LogP contribution in [0, 0.1) is 0 Å². The average Bonchev–Trinajstić information content (AvgIpc) is 3.94. The Morgan fingerprint density at radius 1 is 0.353 bits per heavy atom. The molecule has 12 aromatic rings. The number of hydrogen-bond acceptors (Lipinski definition) is 2. The van der Waals surface area contributed by atoms with E-state index in [9.17, 15) is 0 Å². The van der Waals surface area contributed by atoms with Crippen LogP contribution in [0.3, 0.4) is 0 Å². The van der Waals surface area contributed by atoms with E-state index < -0.39 is 0 Å². The van der Waals surface area contributed by atoms with E-state index in [4.69, 9.17) is 9.97 Å². The lowest BCUT2D eigenvalue weighted by atomic mass is 9.95. The summed E-state index contributed by atoms with van der Waals surface area (Å²) in [5.74, 6) is 0.700. The van der Waals surface area contributed by atoms with Crippen LogP contribution in [0.15, 0.2) is 237 Å². The number of aromatic nitrogens is 4. The molecule has 0 bridgehead atoms. The summed E-state index contributed by atoms with van der Waals surface area (Å²) >= 11 is 0. The van der Waals surface area contributed by atoms with E-state index in [2.05, 4.69) is 234 Å². The molecule has 0 N–H and O–H groups in total. The largest absolute Gasteiger partial charge is 0.313 e. The first-order chi connectivity index (χ1) is 33.7. The summed E-state index contributed by atoms with van der Waals surface area (Å²) in [5, 5.41) is 3.77. The minimum atomic E-state index is 0.700. The van der Waals surface area contributed by atoms with Crippen molar-refractivity contribution in [3.8, 4) is 78.7 Å². The molecule has 0 saturated heterocycles. The summed E-state index contributed by atoms with van der Waals surface area (Å²) in [6, 6.07) is 82.7. The van der Waals surface area contributed by atoms with Crippen LogP contribution in [0.25, 0.3) is 117 Å². The highest BCUT2D eigenvalue weighted by Gasteiger charge is 2.22. The fourth-order valence-corrected chi connectivity index (χ4v) is 10.4. The molecule has 1 aliphatic rings. The molecule has 0 aliphatic heterocycles. The number of allylic oxidation sites excluding steroid dienone is 1. The monoisotopic (exact) mass is 868 g/mol. The van der Waals surface area contributed by atoms with Crippen molar-refractivity contribution >= 4 is 38.8 Å². The van der Waals surface area contributed by atoms with E-state index in [-0.39, 0.29) is 0 Å². The van der Waals surface area contributed by atoms with Gasteiger partial charge in [-0.25, -0.2) is 9.97 Å². The van der Waals surface area contributed by atoms with Gasteiger partial charge >= 0.3 is 0 Å². The lowest BCUT2D eigenvalue weighted by Gasteiger charge is -2.13. The number of benzene rings is 9. The second-order valence-corrected chi connectivity index (χ2v) is 17.7. The molecule has 4 nitrogen and oxygen atoms in total. The van der Waals surface area contributed by atoms with E-state index >= 15 is 0 Å². The molecule has 9 aromatic carbocycles. The summed E-state index contributed by atoms with van der Waals surface area (Å²) in [6.45, 7) is 0. The fourth-order valence-electron chi connectivity index (χ4n) is 10.4. The second-order valence-electron chi connectivity index (χ2n) is 17.7. The molecular formula is C64H44N4. The second kappa shape index (κ2) is 16.5. The number of fused-ring (bicyclic) bond motifs is 6. The first-order valence-electron chi connectivity index (χ1n) is 23.5. The lowest BCUT2D eigenvalue weighted by Crippen LogP contribution is -2.02. The molecule has 0 radical (unpaired) electrons. The molecule has 320 valence electrons. The summed E-state index contributed by atoms with van der Waals surface area (Å²) < 4.78 is 4.89. The lowest BCUT2D eigenvalue weighted by molar-refractivity contribution is 0.888. The van der Waals surface area contributed by atoms with Crippen molar-refractivity contribution in [1.29, 1.82) is 0 Å². The van der Waals surface area contributed by atoms with Gasteiger partial charge in [-0.3, -0.25) is 0 Å². The van der Waals surface area contributed by atoms with Gasteiger partial charge in [-0.1, -0.05) is 188 Å². The zero-order chi connectivity index (χ0) is 45.0. The molecule has 0 atom stereocenters. The van der Waals surface area contributed by atoms with Crippen LogP contribution in [0.5, 0.6) is 0 Å². The van der Waals surface area contributed by atoms with Gasteiger partial charge in [-0.2, -0.15) is 0 Å². The average molecular weight is 869 g/mol. The van der Waals surface area contributed by atoms with E-state index in [1.54, 1.807) is 0 Å². The van der Waals surface area contributed by atoms with Crippen molar-refractivity contribution in [2.45, 2.75) is 12.8 Å². The van der Waals surface area contributed by atoms with E-state index in [0.29, 0.717) is 5.82 Å². The highest BCUT2D eigenvalue weighted by Crippen LogP contribution is 2.41. The highest BCUT2D eigenvalue weighted by atomic mass is 15.0. The third-order valence-electron chi connectivity index (χ3n) is 13.6. The molecule has 13 rings (SSSR count). The number of para-hydroxylation sites is 2. The number of nitrogens with zero attached hydrogens (tertiary/aromatic N) is 4. The Labute approximate surface area is 395 Å². The Hall–Kier alpha value is -8.86. The van der Waals surface area contributed by atoms with E-state index in [1.807, 2.05) is 18.2 Å². The molecule has 4 heteroatoms. The molecule has 3 aromatic heterocycles. The SMILES string of the molecule is C1=Cc2c(n(-c3ccccc3)c3cccc(-c4ccc(-n5c6ccccc6c6ccc(-c7cccc(-c8cc(-c9ccc(-c%10ccccc%10)cc9)nc(-c9ccccc9)n8)c7)cc65)cc4)c23)CC1. The Kier molecular flexibility index (Phi) is 9.61. The third kappa shape index (κ3) is 6.85. The zero-order valence-electron chi connectivity index (χ0n) is 37.3. The van der Waals surface area contributed by atoms with Gasteiger partial charge in [0.2, 0.25) is 0 Å². The van der Waals surface area contributed by atoms with Crippen LogP contribution in [0.1, 0.15) is 17.7 Å². The summed E-state index contributed by atoms with van der Waals surface area (Å²) in [4.78, 5) is 10.3. The maximum atomic E-state index is 5.19. The molecule has 68 heavy (non-hydrogen) atoms. The van der Waals surface area contributed by atoms with Crippen LogP contribution in [0.2, 0.25) is 0 Å². The van der Waals surface area contributed by atoms with Crippen LogP contribution in [-0.2, 0) is 6.42 Å². The van der Waals surface area contributed by atoms with Gasteiger partial charge in [0.15, 0.2) is 5.82 Å². The minimum absolute atomic E-state index is 0.700. The third-order valence-corrected chi connectivity index (χ3v) is 13.6. The first-order valence-corrected chi connectivity index (χ1v) is 23.5. The summed E-state index contributed by atoms with van der Waals surface area (Å²) in [7, 11) is 0. The molecule has 1 aliphatic carbocycles.